The molecule has 26 heavy (non-hydrogen) atoms. The van der Waals surface area contributed by atoms with Crippen LogP contribution in [0.15, 0.2) is 75.1 Å². The second-order valence-electron chi connectivity index (χ2n) is 5.24. The van der Waals surface area contributed by atoms with E-state index in [4.69, 9.17) is 27.6 Å². The summed E-state index contributed by atoms with van der Waals surface area (Å²) in [5, 5.41) is 5.25. The Morgan fingerprint density at radius 3 is 2.35 bits per heavy atom. The Morgan fingerprint density at radius 1 is 1.00 bits per heavy atom. The molecule has 3 rings (SSSR count). The first-order valence-electron chi connectivity index (χ1n) is 7.66. The van der Waals surface area contributed by atoms with Gasteiger partial charge in [0.1, 0.15) is 11.5 Å². The molecule has 132 valence electrons. The van der Waals surface area contributed by atoms with Gasteiger partial charge >= 0.3 is 0 Å². The standard InChI is InChI=1S/C19H14Cl2N2O2S/c20-14-3-1-13(2-4-14)18-10-7-16(25-18)11-22-23-19(24)12-26-17-8-5-15(21)6-9-17/h1-11H,12H2,(H,23,24)/b22-11-. The molecule has 0 bridgehead atoms. The fourth-order valence-electron chi connectivity index (χ4n) is 2.07. The molecule has 0 spiro atoms. The number of hydrazone groups is 1. The molecular weight excluding hydrogens is 391 g/mol. The zero-order chi connectivity index (χ0) is 18.4. The number of carbonyl (C=O) groups is 1. The zero-order valence-corrected chi connectivity index (χ0v) is 15.8. The van der Waals surface area contributed by atoms with Crippen LogP contribution in [-0.2, 0) is 4.79 Å². The van der Waals surface area contributed by atoms with E-state index in [1.165, 1.54) is 18.0 Å². The van der Waals surface area contributed by atoms with Gasteiger partial charge in [0.15, 0.2) is 0 Å². The van der Waals surface area contributed by atoms with E-state index in [0.717, 1.165) is 10.5 Å². The van der Waals surface area contributed by atoms with Gasteiger partial charge in [0, 0.05) is 20.5 Å². The van der Waals surface area contributed by atoms with E-state index in [-0.39, 0.29) is 11.7 Å². The number of amides is 1. The van der Waals surface area contributed by atoms with Gasteiger partial charge < -0.3 is 4.42 Å². The number of hydrogen-bond acceptors (Lipinski definition) is 4. The third-order valence-electron chi connectivity index (χ3n) is 3.32. The minimum Gasteiger partial charge on any atom is -0.455 e. The van der Waals surface area contributed by atoms with E-state index in [1.54, 1.807) is 30.3 Å². The van der Waals surface area contributed by atoms with Gasteiger partial charge in [-0.05, 0) is 60.7 Å². The van der Waals surface area contributed by atoms with Crippen molar-refractivity contribution in [1.29, 1.82) is 0 Å². The minimum absolute atomic E-state index is 0.203. The molecule has 3 aromatic rings. The highest BCUT2D eigenvalue weighted by atomic mass is 35.5. The summed E-state index contributed by atoms with van der Waals surface area (Å²) in [6, 6.07) is 18.3. The lowest BCUT2D eigenvalue weighted by Crippen LogP contribution is -2.19. The Labute approximate surface area is 165 Å². The number of furan rings is 1. The first-order valence-corrected chi connectivity index (χ1v) is 9.40. The van der Waals surface area contributed by atoms with Crippen molar-refractivity contribution in [2.45, 2.75) is 4.90 Å². The first kappa shape index (κ1) is 18.6. The highest BCUT2D eigenvalue weighted by Gasteiger charge is 2.04. The van der Waals surface area contributed by atoms with E-state index in [9.17, 15) is 4.79 Å². The summed E-state index contributed by atoms with van der Waals surface area (Å²) in [6.07, 6.45) is 1.46. The third kappa shape index (κ3) is 5.39. The summed E-state index contributed by atoms with van der Waals surface area (Å²) in [6.45, 7) is 0. The first-order chi connectivity index (χ1) is 12.6. The Balaban J connectivity index is 1.49. The van der Waals surface area contributed by atoms with E-state index in [1.807, 2.05) is 30.3 Å². The van der Waals surface area contributed by atoms with Crippen LogP contribution in [0.2, 0.25) is 10.0 Å². The molecule has 1 amide bonds. The molecule has 7 heteroatoms. The van der Waals surface area contributed by atoms with Crippen LogP contribution in [0.1, 0.15) is 5.76 Å². The second-order valence-corrected chi connectivity index (χ2v) is 7.17. The lowest BCUT2D eigenvalue weighted by atomic mass is 10.2. The van der Waals surface area contributed by atoms with Gasteiger partial charge in [0.25, 0.3) is 0 Å². The van der Waals surface area contributed by atoms with Crippen molar-refractivity contribution >= 4 is 47.1 Å². The maximum Gasteiger partial charge on any atom is 0.250 e. The summed E-state index contributed by atoms with van der Waals surface area (Å²) >= 11 is 13.1. The van der Waals surface area contributed by atoms with Gasteiger partial charge in [-0.1, -0.05) is 23.2 Å². The molecule has 2 aromatic carbocycles. The van der Waals surface area contributed by atoms with Crippen LogP contribution in [-0.4, -0.2) is 17.9 Å². The molecular formula is C19H14Cl2N2O2S. The Hall–Kier alpha value is -2.21. The SMILES string of the molecule is O=C(CSc1ccc(Cl)cc1)N/N=C\c1ccc(-c2ccc(Cl)cc2)o1. The number of nitrogens with one attached hydrogen (secondary N) is 1. The van der Waals surface area contributed by atoms with Crippen molar-refractivity contribution in [1.82, 2.24) is 5.43 Å². The van der Waals surface area contributed by atoms with E-state index in [0.29, 0.717) is 21.6 Å². The molecule has 0 radical (unpaired) electrons. The summed E-state index contributed by atoms with van der Waals surface area (Å²) < 4.78 is 5.67. The number of halogens is 2. The van der Waals surface area contributed by atoms with Crippen LogP contribution >= 0.6 is 35.0 Å². The smallest absolute Gasteiger partial charge is 0.250 e. The van der Waals surface area contributed by atoms with Crippen LogP contribution in [0.4, 0.5) is 0 Å². The van der Waals surface area contributed by atoms with Crippen molar-refractivity contribution < 1.29 is 9.21 Å². The van der Waals surface area contributed by atoms with Crippen LogP contribution in [0.5, 0.6) is 0 Å². The molecule has 0 atom stereocenters. The highest BCUT2D eigenvalue weighted by Crippen LogP contribution is 2.23. The number of benzene rings is 2. The summed E-state index contributed by atoms with van der Waals surface area (Å²) in [7, 11) is 0. The summed E-state index contributed by atoms with van der Waals surface area (Å²) in [4.78, 5) is 12.8. The van der Waals surface area contributed by atoms with Crippen LogP contribution < -0.4 is 5.43 Å². The van der Waals surface area contributed by atoms with E-state index < -0.39 is 0 Å². The van der Waals surface area contributed by atoms with Crippen LogP contribution in [0, 0.1) is 0 Å². The Morgan fingerprint density at radius 2 is 1.65 bits per heavy atom. The lowest BCUT2D eigenvalue weighted by Gasteiger charge is -2.00. The predicted molar refractivity (Wildman–Crippen MR) is 107 cm³/mol. The molecule has 0 fully saturated rings. The molecule has 1 aromatic heterocycles. The van der Waals surface area contributed by atoms with E-state index >= 15 is 0 Å². The van der Waals surface area contributed by atoms with Crippen molar-refractivity contribution in [2.75, 3.05) is 5.75 Å². The summed E-state index contributed by atoms with van der Waals surface area (Å²) in [5.74, 6) is 1.30. The van der Waals surface area contributed by atoms with Crippen LogP contribution in [0.3, 0.4) is 0 Å². The normalized spacial score (nSPS) is 11.0. The fraction of sp³-hybridized carbons (Fsp3) is 0.0526. The van der Waals surface area contributed by atoms with Crippen molar-refractivity contribution in [3.63, 3.8) is 0 Å². The molecule has 0 aliphatic carbocycles. The number of carbonyl (C=O) groups excluding carboxylic acids is 1. The van der Waals surface area contributed by atoms with Gasteiger partial charge in [-0.3, -0.25) is 4.79 Å². The zero-order valence-electron chi connectivity index (χ0n) is 13.5. The minimum atomic E-state index is -0.203. The molecule has 1 N–H and O–H groups in total. The average Bonchev–Trinajstić information content (AvgIpc) is 3.11. The molecule has 0 aliphatic heterocycles. The maximum absolute atomic E-state index is 11.8. The van der Waals surface area contributed by atoms with Crippen molar-refractivity contribution in [3.8, 4) is 11.3 Å². The van der Waals surface area contributed by atoms with Crippen molar-refractivity contribution in [2.24, 2.45) is 5.10 Å². The van der Waals surface area contributed by atoms with Gasteiger partial charge in [-0.15, -0.1) is 11.8 Å². The average molecular weight is 405 g/mol. The lowest BCUT2D eigenvalue weighted by molar-refractivity contribution is -0.118. The van der Waals surface area contributed by atoms with Gasteiger partial charge in [0.05, 0.1) is 12.0 Å². The number of thioether (sulfide) groups is 1. The van der Waals surface area contributed by atoms with Gasteiger partial charge in [-0.2, -0.15) is 5.10 Å². The number of hydrogen-bond donors (Lipinski definition) is 1. The van der Waals surface area contributed by atoms with Gasteiger partial charge in [0.2, 0.25) is 5.91 Å². The topological polar surface area (TPSA) is 54.6 Å². The molecule has 0 unspecified atom stereocenters. The fourth-order valence-corrected chi connectivity index (χ4v) is 3.01. The van der Waals surface area contributed by atoms with Gasteiger partial charge in [-0.25, -0.2) is 5.43 Å². The number of rotatable bonds is 6. The highest BCUT2D eigenvalue weighted by molar-refractivity contribution is 8.00. The Kier molecular flexibility index (Phi) is 6.39. The van der Waals surface area contributed by atoms with Crippen molar-refractivity contribution in [3.05, 3.63) is 76.5 Å². The second kappa shape index (κ2) is 8.94. The third-order valence-corrected chi connectivity index (χ3v) is 4.84. The largest absolute Gasteiger partial charge is 0.455 e. The quantitative estimate of drug-likeness (QED) is 0.335. The molecule has 0 aliphatic rings. The molecule has 4 nitrogen and oxygen atoms in total. The maximum atomic E-state index is 11.8. The molecule has 0 saturated carbocycles. The monoisotopic (exact) mass is 404 g/mol. The molecule has 1 heterocycles. The Bertz CT molecular complexity index is 906. The van der Waals surface area contributed by atoms with E-state index in [2.05, 4.69) is 10.5 Å². The summed E-state index contributed by atoms with van der Waals surface area (Å²) in [5.41, 5.74) is 3.39. The number of nitrogens with zero attached hydrogens (tertiary/aromatic N) is 1. The van der Waals surface area contributed by atoms with Crippen LogP contribution in [0.25, 0.3) is 11.3 Å². The molecule has 0 saturated heterocycles. The predicted octanol–water partition coefficient (Wildman–Crippen LogP) is 5.50.